The summed E-state index contributed by atoms with van der Waals surface area (Å²) in [6.07, 6.45) is 1.69. The van der Waals surface area contributed by atoms with Crippen LogP contribution >= 0.6 is 0 Å². The molecule has 3 aromatic rings. The molecule has 0 aliphatic heterocycles. The first-order valence-electron chi connectivity index (χ1n) is 10.3. The molecule has 0 atom stereocenters. The quantitative estimate of drug-likeness (QED) is 0.551. The van der Waals surface area contributed by atoms with E-state index in [0.29, 0.717) is 18.8 Å². The van der Waals surface area contributed by atoms with Crippen molar-refractivity contribution in [3.05, 3.63) is 81.8 Å². The highest BCUT2D eigenvalue weighted by Crippen LogP contribution is 2.19. The summed E-state index contributed by atoms with van der Waals surface area (Å²) in [5, 5.41) is 2.83. The number of hydrogen-bond donors (Lipinski definition) is 1. The van der Waals surface area contributed by atoms with E-state index in [0.717, 1.165) is 28.3 Å². The number of methoxy groups -OCH3 is 1. The topological polar surface area (TPSA) is 78.8 Å². The molecule has 168 valence electrons. The zero-order valence-electron chi connectivity index (χ0n) is 18.8. The van der Waals surface area contributed by atoms with Gasteiger partial charge in [0, 0.05) is 18.0 Å². The van der Waals surface area contributed by atoms with Crippen LogP contribution in [0.15, 0.2) is 59.5 Å². The number of nitrogens with one attached hydrogen (secondary N) is 1. The van der Waals surface area contributed by atoms with Crippen LogP contribution in [0.2, 0.25) is 0 Å². The van der Waals surface area contributed by atoms with Crippen LogP contribution in [0.5, 0.6) is 17.2 Å². The van der Waals surface area contributed by atoms with E-state index in [1.54, 1.807) is 20.2 Å². The van der Waals surface area contributed by atoms with Crippen molar-refractivity contribution >= 4 is 11.6 Å². The Balaban J connectivity index is 1.59. The summed E-state index contributed by atoms with van der Waals surface area (Å²) >= 11 is 0. The van der Waals surface area contributed by atoms with Crippen molar-refractivity contribution in [2.75, 3.05) is 25.6 Å². The normalized spacial score (nSPS) is 10.5. The Labute approximate surface area is 187 Å². The Bertz CT molecular complexity index is 1140. The van der Waals surface area contributed by atoms with Crippen LogP contribution in [0.1, 0.15) is 16.8 Å². The number of carbonyl (C=O) groups excluding carboxylic acids is 1. The summed E-state index contributed by atoms with van der Waals surface area (Å²) in [5.74, 6) is 1.32. The molecule has 7 nitrogen and oxygen atoms in total. The molecule has 0 aliphatic rings. The molecular formula is C25H28N2O5. The third-order valence-corrected chi connectivity index (χ3v) is 5.28. The molecule has 32 heavy (non-hydrogen) atoms. The second kappa shape index (κ2) is 10.5. The van der Waals surface area contributed by atoms with Crippen molar-refractivity contribution in [2.24, 2.45) is 0 Å². The Morgan fingerprint density at radius 1 is 0.969 bits per heavy atom. The van der Waals surface area contributed by atoms with Gasteiger partial charge in [0.1, 0.15) is 18.1 Å². The lowest BCUT2D eigenvalue weighted by atomic mass is 10.1. The molecule has 1 heterocycles. The molecule has 1 N–H and O–H groups in total. The zero-order chi connectivity index (χ0) is 23.1. The predicted molar refractivity (Wildman–Crippen MR) is 124 cm³/mol. The Morgan fingerprint density at radius 2 is 1.69 bits per heavy atom. The first-order chi connectivity index (χ1) is 15.4. The van der Waals surface area contributed by atoms with Crippen molar-refractivity contribution < 1.29 is 19.0 Å². The van der Waals surface area contributed by atoms with Gasteiger partial charge in [0.2, 0.25) is 5.43 Å². The number of aromatic nitrogens is 1. The van der Waals surface area contributed by atoms with Crippen LogP contribution in [0.25, 0.3) is 0 Å². The SMILES string of the molecule is COc1ccc(OCCn2ccc(=O)c(OCC(=O)Nc3cccc(C)c3C)c2C)cc1. The minimum Gasteiger partial charge on any atom is -0.497 e. The fourth-order valence-electron chi connectivity index (χ4n) is 3.22. The number of hydrogen-bond acceptors (Lipinski definition) is 5. The van der Waals surface area contributed by atoms with Gasteiger partial charge in [0.05, 0.1) is 19.3 Å². The summed E-state index contributed by atoms with van der Waals surface area (Å²) in [6, 6.07) is 14.5. The second-order valence-corrected chi connectivity index (χ2v) is 7.40. The van der Waals surface area contributed by atoms with Gasteiger partial charge in [-0.2, -0.15) is 0 Å². The summed E-state index contributed by atoms with van der Waals surface area (Å²) < 4.78 is 18.4. The minimum atomic E-state index is -0.323. The van der Waals surface area contributed by atoms with E-state index in [2.05, 4.69) is 5.32 Å². The van der Waals surface area contributed by atoms with Crippen LogP contribution in [0.3, 0.4) is 0 Å². The Hall–Kier alpha value is -3.74. The van der Waals surface area contributed by atoms with Gasteiger partial charge in [0.25, 0.3) is 5.91 Å². The molecular weight excluding hydrogens is 408 g/mol. The summed E-state index contributed by atoms with van der Waals surface area (Å²) in [7, 11) is 1.61. The summed E-state index contributed by atoms with van der Waals surface area (Å²) in [4.78, 5) is 24.7. The highest BCUT2D eigenvalue weighted by Gasteiger charge is 2.12. The van der Waals surface area contributed by atoms with Crippen LogP contribution in [0, 0.1) is 20.8 Å². The van der Waals surface area contributed by atoms with Crippen molar-refractivity contribution in [3.63, 3.8) is 0 Å². The smallest absolute Gasteiger partial charge is 0.262 e. The van der Waals surface area contributed by atoms with Gasteiger partial charge in [-0.3, -0.25) is 9.59 Å². The molecule has 0 saturated carbocycles. The standard InChI is InChI=1S/C25H28N2O5/c1-17-6-5-7-22(18(17)2)26-24(29)16-32-25-19(3)27(13-12-23(25)28)14-15-31-21-10-8-20(30-4)9-11-21/h5-13H,14-16H2,1-4H3,(H,26,29). The Kier molecular flexibility index (Phi) is 7.54. The molecule has 3 rings (SSSR count). The fourth-order valence-corrected chi connectivity index (χ4v) is 3.22. The summed E-state index contributed by atoms with van der Waals surface area (Å²) in [5.41, 5.74) is 3.18. The van der Waals surface area contributed by atoms with E-state index in [-0.39, 0.29) is 23.7 Å². The Morgan fingerprint density at radius 3 is 2.41 bits per heavy atom. The molecule has 0 bridgehead atoms. The largest absolute Gasteiger partial charge is 0.497 e. The monoisotopic (exact) mass is 436 g/mol. The number of carbonyl (C=O) groups is 1. The number of pyridine rings is 1. The maximum atomic E-state index is 12.4. The van der Waals surface area contributed by atoms with Crippen molar-refractivity contribution in [1.29, 1.82) is 0 Å². The number of ether oxygens (including phenoxy) is 3. The van der Waals surface area contributed by atoms with Gasteiger partial charge >= 0.3 is 0 Å². The molecule has 1 amide bonds. The van der Waals surface area contributed by atoms with E-state index in [1.165, 1.54) is 6.07 Å². The zero-order valence-corrected chi connectivity index (χ0v) is 18.8. The molecule has 0 saturated heterocycles. The highest BCUT2D eigenvalue weighted by atomic mass is 16.5. The second-order valence-electron chi connectivity index (χ2n) is 7.40. The van der Waals surface area contributed by atoms with Gasteiger partial charge < -0.3 is 24.1 Å². The van der Waals surface area contributed by atoms with Crippen LogP contribution in [-0.4, -0.2) is 30.8 Å². The number of aryl methyl sites for hydroxylation is 1. The van der Waals surface area contributed by atoms with Crippen molar-refractivity contribution in [1.82, 2.24) is 4.57 Å². The number of benzene rings is 2. The van der Waals surface area contributed by atoms with Gasteiger partial charge in [0.15, 0.2) is 12.4 Å². The van der Waals surface area contributed by atoms with Crippen LogP contribution < -0.4 is 25.0 Å². The average molecular weight is 437 g/mol. The first-order valence-corrected chi connectivity index (χ1v) is 10.3. The number of rotatable bonds is 9. The molecule has 0 radical (unpaired) electrons. The molecule has 0 fully saturated rings. The van der Waals surface area contributed by atoms with E-state index < -0.39 is 0 Å². The summed E-state index contributed by atoms with van der Waals surface area (Å²) in [6.45, 7) is 6.38. The lowest BCUT2D eigenvalue weighted by Crippen LogP contribution is -2.24. The molecule has 7 heteroatoms. The third kappa shape index (κ3) is 5.69. The first kappa shape index (κ1) is 22.9. The van der Waals surface area contributed by atoms with Gasteiger partial charge in [-0.1, -0.05) is 12.1 Å². The molecule has 0 unspecified atom stereocenters. The molecule has 0 aliphatic carbocycles. The maximum absolute atomic E-state index is 12.4. The van der Waals surface area contributed by atoms with E-state index in [9.17, 15) is 9.59 Å². The molecule has 1 aromatic heterocycles. The van der Waals surface area contributed by atoms with E-state index in [4.69, 9.17) is 14.2 Å². The van der Waals surface area contributed by atoms with E-state index in [1.807, 2.05) is 60.9 Å². The molecule has 0 spiro atoms. The lowest BCUT2D eigenvalue weighted by molar-refractivity contribution is -0.118. The van der Waals surface area contributed by atoms with E-state index >= 15 is 0 Å². The third-order valence-electron chi connectivity index (χ3n) is 5.28. The van der Waals surface area contributed by atoms with Crippen molar-refractivity contribution in [2.45, 2.75) is 27.3 Å². The fraction of sp³-hybridized carbons (Fsp3) is 0.280. The number of nitrogens with zero attached hydrogens (tertiary/aromatic N) is 1. The number of amides is 1. The van der Waals surface area contributed by atoms with Crippen LogP contribution in [-0.2, 0) is 11.3 Å². The predicted octanol–water partition coefficient (Wildman–Crippen LogP) is 3.88. The van der Waals surface area contributed by atoms with Gasteiger partial charge in [-0.25, -0.2) is 0 Å². The van der Waals surface area contributed by atoms with Gasteiger partial charge in [-0.05, 0) is 62.2 Å². The lowest BCUT2D eigenvalue weighted by Gasteiger charge is -2.16. The average Bonchev–Trinajstić information content (AvgIpc) is 2.79. The van der Waals surface area contributed by atoms with Crippen molar-refractivity contribution in [3.8, 4) is 17.2 Å². The van der Waals surface area contributed by atoms with Gasteiger partial charge in [-0.15, -0.1) is 0 Å². The van der Waals surface area contributed by atoms with Crippen LogP contribution in [0.4, 0.5) is 5.69 Å². The minimum absolute atomic E-state index is 0.160. The number of anilines is 1. The maximum Gasteiger partial charge on any atom is 0.262 e. The molecule has 2 aromatic carbocycles. The highest BCUT2D eigenvalue weighted by molar-refractivity contribution is 5.92.